The van der Waals surface area contributed by atoms with Crippen molar-refractivity contribution in [3.05, 3.63) is 0 Å². The summed E-state index contributed by atoms with van der Waals surface area (Å²) in [5.41, 5.74) is -1.02. The number of aliphatic carboxylic acids is 1. The summed E-state index contributed by atoms with van der Waals surface area (Å²) < 4.78 is 47.2. The zero-order chi connectivity index (χ0) is 36.6. The second-order valence-electron chi connectivity index (χ2n) is 18.4. The van der Waals surface area contributed by atoms with Crippen LogP contribution in [0.3, 0.4) is 0 Å². The normalized spacial score (nSPS) is 55.0. The predicted octanol–water partition coefficient (Wildman–Crippen LogP) is 6.73. The number of methoxy groups -OCH3 is 1. The van der Waals surface area contributed by atoms with Crippen LogP contribution < -0.4 is 0 Å². The van der Waals surface area contributed by atoms with E-state index in [9.17, 15) is 15.0 Å². The highest BCUT2D eigenvalue weighted by Crippen LogP contribution is 2.57. The van der Waals surface area contributed by atoms with Crippen LogP contribution in [0, 0.1) is 41.4 Å². The lowest BCUT2D eigenvalue weighted by molar-refractivity contribution is -0.352. The highest BCUT2D eigenvalue weighted by atomic mass is 16.7. The van der Waals surface area contributed by atoms with Crippen LogP contribution in [0.5, 0.6) is 0 Å². The highest BCUT2D eigenvalue weighted by Gasteiger charge is 2.65. The largest absolute Gasteiger partial charge is 0.481 e. The maximum absolute atomic E-state index is 11.8. The first kappa shape index (κ1) is 38.9. The summed E-state index contributed by atoms with van der Waals surface area (Å²) in [6.45, 7) is 21.0. The van der Waals surface area contributed by atoms with Gasteiger partial charge in [0, 0.05) is 37.7 Å². The minimum Gasteiger partial charge on any atom is -0.481 e. The van der Waals surface area contributed by atoms with Crippen LogP contribution in [0.1, 0.15) is 127 Å². The molecule has 1 spiro atoms. The molecule has 0 bridgehead atoms. The van der Waals surface area contributed by atoms with Crippen LogP contribution in [-0.4, -0.2) is 94.9 Å². The van der Waals surface area contributed by atoms with Crippen LogP contribution in [-0.2, 0) is 38.0 Å². The number of ether oxygens (including phenoxy) is 7. The Morgan fingerprint density at radius 2 is 1.56 bits per heavy atom. The molecule has 288 valence electrons. The van der Waals surface area contributed by atoms with Crippen LogP contribution >= 0.6 is 0 Å². The van der Waals surface area contributed by atoms with Gasteiger partial charge in [0.25, 0.3) is 0 Å². The molecule has 6 fully saturated rings. The molecule has 0 aromatic carbocycles. The van der Waals surface area contributed by atoms with E-state index in [2.05, 4.69) is 55.4 Å². The number of carboxylic acids is 1. The molecule has 6 aliphatic rings. The summed E-state index contributed by atoms with van der Waals surface area (Å²) in [5, 5.41) is 20.6. The van der Waals surface area contributed by atoms with Gasteiger partial charge in [-0.3, -0.25) is 4.79 Å². The quantitative estimate of drug-likeness (QED) is 0.281. The standard InChI is InChI=1S/C40H68O10/c1-21-12-13-28(45-33(21)26(6)36(41)42)18-29-19-30(44-11)27(7)40(47-29)25(5)20-38(9,50-40)32-14-15-37(8,48-32)35-23(3)17-31(46-35)34-22(2)16-24(4)39(10,43)49-34/h21-35,43H,12-20H2,1-11H3,(H,41,42)/t21-,22+,23+,24+,25+,26+,27+,28+,29-,30+,31-,32-,33+,34+,35-,37+,38-,39-,40-/m1/s1. The van der Waals surface area contributed by atoms with Crippen molar-refractivity contribution in [1.82, 2.24) is 0 Å². The van der Waals surface area contributed by atoms with E-state index in [0.717, 1.165) is 51.4 Å². The summed E-state index contributed by atoms with van der Waals surface area (Å²) in [7, 11) is 1.78. The molecular weight excluding hydrogens is 640 g/mol. The van der Waals surface area contributed by atoms with E-state index in [1.165, 1.54) is 0 Å². The first-order valence-electron chi connectivity index (χ1n) is 19.8. The first-order valence-corrected chi connectivity index (χ1v) is 19.8. The molecule has 0 aliphatic carbocycles. The Morgan fingerprint density at radius 3 is 2.24 bits per heavy atom. The maximum atomic E-state index is 11.8. The van der Waals surface area contributed by atoms with Crippen molar-refractivity contribution in [1.29, 1.82) is 0 Å². The van der Waals surface area contributed by atoms with Gasteiger partial charge in [0.05, 0.1) is 66.0 Å². The Bertz CT molecular complexity index is 1210. The topological polar surface area (TPSA) is 122 Å². The summed E-state index contributed by atoms with van der Waals surface area (Å²) in [6, 6.07) is 0. The van der Waals surface area contributed by atoms with E-state index in [0.29, 0.717) is 18.3 Å². The van der Waals surface area contributed by atoms with E-state index >= 15 is 0 Å². The van der Waals surface area contributed by atoms with Crippen molar-refractivity contribution in [2.45, 2.75) is 199 Å². The van der Waals surface area contributed by atoms with E-state index in [4.69, 9.17) is 33.2 Å². The Labute approximate surface area is 300 Å². The molecule has 10 heteroatoms. The summed E-state index contributed by atoms with van der Waals surface area (Å²) in [5.74, 6) is -2.36. The molecular formula is C40H68O10. The number of aliphatic hydroxyl groups is 1. The molecule has 0 saturated carbocycles. The Balaban J connectivity index is 1.13. The van der Waals surface area contributed by atoms with Crippen molar-refractivity contribution in [3.8, 4) is 0 Å². The second kappa shape index (κ2) is 14.1. The second-order valence-corrected chi connectivity index (χ2v) is 18.4. The third kappa shape index (κ3) is 6.96. The average Bonchev–Trinajstić information content (AvgIpc) is 3.72. The van der Waals surface area contributed by atoms with Crippen LogP contribution in [0.15, 0.2) is 0 Å². The molecule has 6 heterocycles. The molecule has 6 aliphatic heterocycles. The number of carbonyl (C=O) groups is 1. The molecule has 19 atom stereocenters. The van der Waals surface area contributed by atoms with Crippen LogP contribution in [0.4, 0.5) is 0 Å². The monoisotopic (exact) mass is 708 g/mol. The lowest BCUT2D eigenvalue weighted by Gasteiger charge is -2.50. The lowest BCUT2D eigenvalue weighted by atomic mass is 9.78. The molecule has 10 nitrogen and oxygen atoms in total. The molecule has 50 heavy (non-hydrogen) atoms. The third-order valence-corrected chi connectivity index (χ3v) is 14.4. The number of hydrogen-bond acceptors (Lipinski definition) is 9. The minimum atomic E-state index is -1.15. The van der Waals surface area contributed by atoms with Gasteiger partial charge in [-0.25, -0.2) is 0 Å². The SMILES string of the molecule is CO[C@H]1C[C@@H](C[C@@H]2CC[C@@H](C)[C@@H]([C@H](C)C(=O)O)O2)O[C@]2(O[C@@](C)([C@H]3CC[C@@](C)([C@@H]4O[C@@H]([C@H]5O[C@@](C)(O)[C@@H](C)C[C@@H]5C)C[C@@H]4C)O3)C[C@@H]2C)[C@H]1C. The molecule has 6 rings (SSSR count). The number of carboxylic acid groups (broad SMARTS) is 1. The van der Waals surface area contributed by atoms with Gasteiger partial charge in [0.1, 0.15) is 0 Å². The number of rotatable bonds is 8. The Kier molecular flexibility index (Phi) is 11.0. The van der Waals surface area contributed by atoms with Crippen molar-refractivity contribution in [3.63, 3.8) is 0 Å². The molecule has 0 aromatic rings. The van der Waals surface area contributed by atoms with Crippen molar-refractivity contribution >= 4 is 5.97 Å². The molecule has 0 amide bonds. The zero-order valence-corrected chi connectivity index (χ0v) is 32.7. The molecule has 0 unspecified atom stereocenters. The van der Waals surface area contributed by atoms with E-state index < -0.39 is 34.7 Å². The van der Waals surface area contributed by atoms with Gasteiger partial charge in [-0.2, -0.15) is 0 Å². The van der Waals surface area contributed by atoms with Crippen LogP contribution in [0.2, 0.25) is 0 Å². The molecule has 6 saturated heterocycles. The number of hydrogen-bond donors (Lipinski definition) is 2. The zero-order valence-electron chi connectivity index (χ0n) is 32.7. The summed E-state index contributed by atoms with van der Waals surface area (Å²) in [4.78, 5) is 11.8. The Hall–Kier alpha value is -0.850. The average molecular weight is 709 g/mol. The highest BCUT2D eigenvalue weighted by molar-refractivity contribution is 5.70. The van der Waals surface area contributed by atoms with E-state index in [1.54, 1.807) is 21.0 Å². The lowest BCUT2D eigenvalue weighted by Crippen LogP contribution is -2.58. The molecule has 0 radical (unpaired) electrons. The smallest absolute Gasteiger partial charge is 0.308 e. The van der Waals surface area contributed by atoms with Crippen molar-refractivity contribution in [2.24, 2.45) is 41.4 Å². The van der Waals surface area contributed by atoms with Gasteiger partial charge in [0.2, 0.25) is 0 Å². The third-order valence-electron chi connectivity index (χ3n) is 14.4. The summed E-state index contributed by atoms with van der Waals surface area (Å²) >= 11 is 0. The van der Waals surface area contributed by atoms with Gasteiger partial charge in [-0.15, -0.1) is 0 Å². The fraction of sp³-hybridized carbons (Fsp3) is 0.975. The van der Waals surface area contributed by atoms with Crippen molar-refractivity contribution in [2.75, 3.05) is 7.11 Å². The first-order chi connectivity index (χ1) is 23.3. The van der Waals surface area contributed by atoms with Crippen molar-refractivity contribution < 1.29 is 48.2 Å². The van der Waals surface area contributed by atoms with Crippen LogP contribution in [0.25, 0.3) is 0 Å². The van der Waals surface area contributed by atoms with Gasteiger partial charge in [-0.05, 0) is 90.4 Å². The minimum absolute atomic E-state index is 0.0109. The van der Waals surface area contributed by atoms with Gasteiger partial charge < -0.3 is 43.4 Å². The van der Waals surface area contributed by atoms with E-state index in [-0.39, 0.29) is 72.5 Å². The fourth-order valence-corrected chi connectivity index (χ4v) is 11.2. The van der Waals surface area contributed by atoms with Gasteiger partial charge in [-0.1, -0.05) is 41.5 Å². The van der Waals surface area contributed by atoms with Gasteiger partial charge >= 0.3 is 5.97 Å². The fourth-order valence-electron chi connectivity index (χ4n) is 11.2. The molecule has 0 aromatic heterocycles. The maximum Gasteiger partial charge on any atom is 0.308 e. The van der Waals surface area contributed by atoms with Gasteiger partial charge in [0.15, 0.2) is 11.6 Å². The molecule has 2 N–H and O–H groups in total. The predicted molar refractivity (Wildman–Crippen MR) is 187 cm³/mol. The van der Waals surface area contributed by atoms with E-state index in [1.807, 2.05) is 0 Å². The summed E-state index contributed by atoms with van der Waals surface area (Å²) in [6.07, 6.45) is 6.64. The Morgan fingerprint density at radius 1 is 0.840 bits per heavy atom.